The van der Waals surface area contributed by atoms with Gasteiger partial charge in [-0.3, -0.25) is 14.9 Å². The largest absolute Gasteiger partial charge is 0.490 e. The van der Waals surface area contributed by atoms with Gasteiger partial charge in [-0.1, -0.05) is 13.8 Å². The number of fused-ring (bicyclic) bond motifs is 1. The molecule has 1 amide bonds. The Morgan fingerprint density at radius 1 is 1.17 bits per heavy atom. The van der Waals surface area contributed by atoms with Crippen molar-refractivity contribution in [1.82, 2.24) is 9.38 Å². The molecule has 0 fully saturated rings. The quantitative estimate of drug-likeness (QED) is 0.430. The molecule has 2 heterocycles. The number of benzene rings is 1. The maximum absolute atomic E-state index is 12.7. The Balaban J connectivity index is 1.94. The third-order valence-electron chi connectivity index (χ3n) is 4.08. The number of hydrogen-bond donors (Lipinski definition) is 1. The average molecular weight is 398 g/mol. The summed E-state index contributed by atoms with van der Waals surface area (Å²) in [6, 6.07) is 6.03. The van der Waals surface area contributed by atoms with Crippen LogP contribution in [0.15, 0.2) is 42.9 Å². The first kappa shape index (κ1) is 20.1. The van der Waals surface area contributed by atoms with E-state index in [1.807, 2.05) is 13.8 Å². The van der Waals surface area contributed by atoms with Crippen LogP contribution in [0.1, 0.15) is 37.0 Å². The maximum Gasteiger partial charge on any atom is 0.296 e. The molecule has 3 aromatic rings. The fourth-order valence-electron chi connectivity index (χ4n) is 2.70. The highest BCUT2D eigenvalue weighted by Crippen LogP contribution is 2.38. The van der Waals surface area contributed by atoms with E-state index in [-0.39, 0.29) is 17.1 Å². The van der Waals surface area contributed by atoms with Crippen molar-refractivity contribution in [3.8, 4) is 11.5 Å². The molecule has 0 spiro atoms. The topological polar surface area (TPSA) is 108 Å². The van der Waals surface area contributed by atoms with Crippen LogP contribution < -0.4 is 14.8 Å². The lowest BCUT2D eigenvalue weighted by molar-refractivity contribution is -0.384. The van der Waals surface area contributed by atoms with Gasteiger partial charge in [-0.2, -0.15) is 0 Å². The lowest BCUT2D eigenvalue weighted by Crippen LogP contribution is -2.14. The van der Waals surface area contributed by atoms with Gasteiger partial charge < -0.3 is 19.2 Å². The van der Waals surface area contributed by atoms with Crippen LogP contribution in [0.25, 0.3) is 5.65 Å². The molecule has 0 saturated carbocycles. The second-order valence-electron chi connectivity index (χ2n) is 6.33. The summed E-state index contributed by atoms with van der Waals surface area (Å²) in [5.74, 6) is 0.156. The molecule has 29 heavy (non-hydrogen) atoms. The van der Waals surface area contributed by atoms with E-state index in [1.54, 1.807) is 35.1 Å². The summed E-state index contributed by atoms with van der Waals surface area (Å²) in [5, 5.41) is 14.2. The smallest absolute Gasteiger partial charge is 0.296 e. The first-order valence-electron chi connectivity index (χ1n) is 9.35. The van der Waals surface area contributed by atoms with Gasteiger partial charge in [0, 0.05) is 24.7 Å². The Morgan fingerprint density at radius 2 is 1.86 bits per heavy atom. The molecule has 0 unspecified atom stereocenters. The number of nitro groups is 1. The van der Waals surface area contributed by atoms with Gasteiger partial charge in [-0.15, -0.1) is 0 Å². The van der Waals surface area contributed by atoms with E-state index in [0.29, 0.717) is 30.2 Å². The van der Waals surface area contributed by atoms with Crippen molar-refractivity contribution in [3.05, 3.63) is 58.5 Å². The Morgan fingerprint density at radius 3 is 2.52 bits per heavy atom. The summed E-state index contributed by atoms with van der Waals surface area (Å²) >= 11 is 0. The monoisotopic (exact) mass is 398 g/mol. The highest BCUT2D eigenvalue weighted by atomic mass is 16.6. The molecule has 0 bridgehead atoms. The van der Waals surface area contributed by atoms with Crippen LogP contribution in [0.2, 0.25) is 0 Å². The van der Waals surface area contributed by atoms with Crippen LogP contribution in [0.3, 0.4) is 0 Å². The predicted molar refractivity (Wildman–Crippen MR) is 108 cm³/mol. The van der Waals surface area contributed by atoms with E-state index in [0.717, 1.165) is 12.8 Å². The normalized spacial score (nSPS) is 10.7. The molecule has 2 aromatic heterocycles. The van der Waals surface area contributed by atoms with Crippen LogP contribution in [0.5, 0.6) is 11.5 Å². The SMILES string of the molecule is CCCOc1cc(NC(=O)c2ccc3nccn3c2)c([N+](=O)[O-])cc1OCCC. The molecular weight excluding hydrogens is 376 g/mol. The van der Waals surface area contributed by atoms with E-state index >= 15 is 0 Å². The first-order valence-corrected chi connectivity index (χ1v) is 9.35. The number of imidazole rings is 1. The van der Waals surface area contributed by atoms with Crippen molar-refractivity contribution >= 4 is 22.9 Å². The number of amides is 1. The number of carbonyl (C=O) groups excluding carboxylic acids is 1. The van der Waals surface area contributed by atoms with E-state index in [9.17, 15) is 14.9 Å². The molecule has 0 aliphatic rings. The van der Waals surface area contributed by atoms with Crippen LogP contribution in [0.4, 0.5) is 11.4 Å². The van der Waals surface area contributed by atoms with Crippen molar-refractivity contribution in [2.45, 2.75) is 26.7 Å². The van der Waals surface area contributed by atoms with Gasteiger partial charge in [0.05, 0.1) is 29.8 Å². The molecule has 1 N–H and O–H groups in total. The maximum atomic E-state index is 12.7. The van der Waals surface area contributed by atoms with Crippen LogP contribution in [-0.2, 0) is 0 Å². The van der Waals surface area contributed by atoms with Gasteiger partial charge in [0.2, 0.25) is 0 Å². The molecule has 0 aliphatic carbocycles. The van der Waals surface area contributed by atoms with E-state index in [4.69, 9.17) is 9.47 Å². The number of ether oxygens (including phenoxy) is 2. The van der Waals surface area contributed by atoms with Gasteiger partial charge in [0.25, 0.3) is 11.6 Å². The third kappa shape index (κ3) is 4.63. The number of nitrogens with zero attached hydrogens (tertiary/aromatic N) is 3. The molecule has 0 aliphatic heterocycles. The highest BCUT2D eigenvalue weighted by Gasteiger charge is 2.22. The fourth-order valence-corrected chi connectivity index (χ4v) is 2.70. The van der Waals surface area contributed by atoms with Gasteiger partial charge in [0.1, 0.15) is 11.3 Å². The lowest BCUT2D eigenvalue weighted by atomic mass is 10.2. The standard InChI is InChI=1S/C20H22N4O5/c1-3-9-28-17-11-15(16(24(26)27)12-18(17)29-10-4-2)22-20(25)14-5-6-19-21-7-8-23(19)13-14/h5-8,11-13H,3-4,9-10H2,1-2H3,(H,22,25). The molecule has 3 rings (SSSR count). The number of nitro benzene ring substituents is 1. The summed E-state index contributed by atoms with van der Waals surface area (Å²) < 4.78 is 13.0. The number of hydrogen-bond acceptors (Lipinski definition) is 6. The summed E-state index contributed by atoms with van der Waals surface area (Å²) in [6.45, 7) is 4.71. The summed E-state index contributed by atoms with van der Waals surface area (Å²) in [6.07, 6.45) is 6.45. The summed E-state index contributed by atoms with van der Waals surface area (Å²) in [4.78, 5) is 27.8. The Hall–Kier alpha value is -3.62. The molecule has 0 atom stereocenters. The van der Waals surface area contributed by atoms with Crippen molar-refractivity contribution in [2.75, 3.05) is 18.5 Å². The fraction of sp³-hybridized carbons (Fsp3) is 0.300. The lowest BCUT2D eigenvalue weighted by Gasteiger charge is -2.14. The van der Waals surface area contributed by atoms with Crippen LogP contribution in [-0.4, -0.2) is 33.4 Å². The molecule has 0 radical (unpaired) electrons. The first-order chi connectivity index (χ1) is 14.0. The van der Waals surface area contributed by atoms with Crippen molar-refractivity contribution < 1.29 is 19.2 Å². The Labute approximate surface area is 167 Å². The van der Waals surface area contributed by atoms with Crippen molar-refractivity contribution in [3.63, 3.8) is 0 Å². The summed E-state index contributed by atoms with van der Waals surface area (Å²) in [5.41, 5.74) is 0.810. The van der Waals surface area contributed by atoms with E-state index in [1.165, 1.54) is 12.1 Å². The van der Waals surface area contributed by atoms with E-state index in [2.05, 4.69) is 10.3 Å². The molecule has 9 heteroatoms. The van der Waals surface area contributed by atoms with E-state index < -0.39 is 10.8 Å². The number of carbonyl (C=O) groups is 1. The second kappa shape index (κ2) is 9.05. The Bertz CT molecular complexity index is 1030. The molecule has 0 saturated heterocycles. The van der Waals surface area contributed by atoms with Gasteiger partial charge >= 0.3 is 0 Å². The summed E-state index contributed by atoms with van der Waals surface area (Å²) in [7, 11) is 0. The number of pyridine rings is 1. The van der Waals surface area contributed by atoms with Crippen LogP contribution >= 0.6 is 0 Å². The number of rotatable bonds is 9. The minimum absolute atomic E-state index is 0.0423. The number of aromatic nitrogens is 2. The molecule has 1 aromatic carbocycles. The third-order valence-corrected chi connectivity index (χ3v) is 4.08. The van der Waals surface area contributed by atoms with Crippen molar-refractivity contribution in [1.29, 1.82) is 0 Å². The minimum atomic E-state index is -0.558. The average Bonchev–Trinajstić information content (AvgIpc) is 3.18. The zero-order valence-corrected chi connectivity index (χ0v) is 16.3. The zero-order valence-electron chi connectivity index (χ0n) is 16.3. The predicted octanol–water partition coefficient (Wildman–Crippen LogP) is 4.07. The zero-order chi connectivity index (χ0) is 20.8. The molecular formula is C20H22N4O5. The minimum Gasteiger partial charge on any atom is -0.490 e. The second-order valence-corrected chi connectivity index (χ2v) is 6.33. The van der Waals surface area contributed by atoms with Crippen LogP contribution in [0, 0.1) is 10.1 Å². The van der Waals surface area contributed by atoms with Gasteiger partial charge in [0.15, 0.2) is 11.5 Å². The Kier molecular flexibility index (Phi) is 6.28. The number of nitrogens with one attached hydrogen (secondary N) is 1. The molecule has 9 nitrogen and oxygen atoms in total. The molecule has 152 valence electrons. The number of anilines is 1. The van der Waals surface area contributed by atoms with Gasteiger partial charge in [-0.05, 0) is 25.0 Å². The highest BCUT2D eigenvalue weighted by molar-refractivity contribution is 6.05. The van der Waals surface area contributed by atoms with Gasteiger partial charge in [-0.25, -0.2) is 4.98 Å². The van der Waals surface area contributed by atoms with Crippen molar-refractivity contribution in [2.24, 2.45) is 0 Å².